The molecule has 256 valence electrons. The zero-order valence-corrected chi connectivity index (χ0v) is 26.5. The molecule has 0 saturated carbocycles. The van der Waals surface area contributed by atoms with Gasteiger partial charge in [0, 0.05) is 44.7 Å². The van der Waals surface area contributed by atoms with E-state index in [1.54, 1.807) is 0 Å². The topological polar surface area (TPSA) is 101 Å². The van der Waals surface area contributed by atoms with E-state index in [2.05, 4.69) is 10.2 Å². The molecule has 6 rings (SSSR count). The van der Waals surface area contributed by atoms with Crippen LogP contribution in [0.2, 0.25) is 0 Å². The molecule has 3 saturated heterocycles. The highest BCUT2D eigenvalue weighted by Gasteiger charge is 2.47. The maximum atomic E-state index is 13.0. The van der Waals surface area contributed by atoms with Gasteiger partial charge < -0.3 is 29.5 Å². The Morgan fingerprint density at radius 3 is 2.33 bits per heavy atom. The number of aliphatic hydroxyl groups is 1. The van der Waals surface area contributed by atoms with Crippen molar-refractivity contribution in [3.8, 4) is 11.1 Å². The molecule has 9 nitrogen and oxygen atoms in total. The van der Waals surface area contributed by atoms with E-state index < -0.39 is 30.3 Å². The molecule has 0 spiro atoms. The van der Waals surface area contributed by atoms with Crippen LogP contribution in [0.4, 0.5) is 13.2 Å². The fourth-order valence-corrected chi connectivity index (χ4v) is 6.58. The molecule has 3 aliphatic rings. The number of rotatable bonds is 9. The number of halogens is 3. The molecular formula is C36H40F3N3O6. The zero-order valence-electron chi connectivity index (χ0n) is 26.5. The Balaban J connectivity index is 1.16. The van der Waals surface area contributed by atoms with Crippen LogP contribution in [0, 0.1) is 0 Å². The molecular weight excluding hydrogens is 627 g/mol. The standard InChI is InChI=1S/C36H40F3N3O6/c37-36(38,39)35(45)42-13-3-8-31(42)33(44)40-21-25-4-1-5-27(18-25)28-6-2-7-29(19-28)34-47-30(22-41-14-16-46-17-15-41)20-32(48-34)26-11-9-24(23-43)10-12-26/h1-2,4-7,9-12,18-19,30-32,34,43H,3,8,13-17,20-23H2,(H,40,44)/t30-,31+,32+,34+/m1/s1. The van der Waals surface area contributed by atoms with Gasteiger partial charge in [-0.1, -0.05) is 60.7 Å². The summed E-state index contributed by atoms with van der Waals surface area (Å²) in [5.74, 6) is -2.58. The van der Waals surface area contributed by atoms with Crippen molar-refractivity contribution in [2.45, 2.75) is 63.1 Å². The van der Waals surface area contributed by atoms with Crippen LogP contribution in [0.3, 0.4) is 0 Å². The number of ether oxygens (including phenoxy) is 3. The van der Waals surface area contributed by atoms with Crippen LogP contribution < -0.4 is 5.32 Å². The average Bonchev–Trinajstić information content (AvgIpc) is 3.60. The average molecular weight is 668 g/mol. The van der Waals surface area contributed by atoms with Crippen molar-refractivity contribution in [3.63, 3.8) is 0 Å². The summed E-state index contributed by atoms with van der Waals surface area (Å²) in [6.07, 6.45) is -4.72. The van der Waals surface area contributed by atoms with Gasteiger partial charge in [-0.3, -0.25) is 14.5 Å². The zero-order chi connectivity index (χ0) is 33.7. The second-order valence-corrected chi connectivity index (χ2v) is 12.5. The Morgan fingerprint density at radius 2 is 1.60 bits per heavy atom. The number of benzene rings is 3. The van der Waals surface area contributed by atoms with E-state index in [4.69, 9.17) is 14.2 Å². The summed E-state index contributed by atoms with van der Waals surface area (Å²) in [4.78, 5) is 27.6. The Morgan fingerprint density at radius 1 is 0.875 bits per heavy atom. The number of amides is 2. The van der Waals surface area contributed by atoms with Gasteiger partial charge in [0.2, 0.25) is 5.91 Å². The summed E-state index contributed by atoms with van der Waals surface area (Å²) in [5.41, 5.74) is 5.26. The monoisotopic (exact) mass is 667 g/mol. The molecule has 3 aromatic rings. The predicted molar refractivity (Wildman–Crippen MR) is 170 cm³/mol. The molecule has 2 amide bonds. The lowest BCUT2D eigenvalue weighted by Gasteiger charge is -2.39. The molecule has 0 aromatic heterocycles. The minimum atomic E-state index is -5.02. The quantitative estimate of drug-likeness (QED) is 0.335. The Hall–Kier alpha value is -3.81. The first-order valence-electron chi connectivity index (χ1n) is 16.3. The minimum absolute atomic E-state index is 0.0281. The van der Waals surface area contributed by atoms with Crippen molar-refractivity contribution in [1.82, 2.24) is 15.1 Å². The van der Waals surface area contributed by atoms with Crippen LogP contribution in [0.5, 0.6) is 0 Å². The molecule has 12 heteroatoms. The summed E-state index contributed by atoms with van der Waals surface area (Å²) in [5, 5.41) is 12.2. The molecule has 3 aliphatic heterocycles. The number of nitrogens with one attached hydrogen (secondary N) is 1. The number of likely N-dealkylation sites (tertiary alicyclic amines) is 1. The van der Waals surface area contributed by atoms with Gasteiger partial charge in [0.15, 0.2) is 6.29 Å². The highest BCUT2D eigenvalue weighted by Crippen LogP contribution is 2.39. The van der Waals surface area contributed by atoms with Gasteiger partial charge in [-0.05, 0) is 52.8 Å². The van der Waals surface area contributed by atoms with E-state index >= 15 is 0 Å². The van der Waals surface area contributed by atoms with Gasteiger partial charge >= 0.3 is 12.1 Å². The predicted octanol–water partition coefficient (Wildman–Crippen LogP) is 4.89. The van der Waals surface area contributed by atoms with Crippen molar-refractivity contribution < 1.29 is 42.1 Å². The SMILES string of the molecule is O=C(NCc1cccc(-c2cccc([C@H]3O[C@@H](CN4CCOCC4)C[C@@H](c4ccc(CO)cc4)O3)c2)c1)[C@@H]1CCCN1C(=O)C(F)(F)F. The lowest BCUT2D eigenvalue weighted by molar-refractivity contribution is -0.253. The van der Waals surface area contributed by atoms with Crippen LogP contribution >= 0.6 is 0 Å². The number of hydrogen-bond acceptors (Lipinski definition) is 7. The summed E-state index contributed by atoms with van der Waals surface area (Å²) in [6.45, 7) is 3.81. The highest BCUT2D eigenvalue weighted by molar-refractivity contribution is 5.90. The van der Waals surface area contributed by atoms with Crippen molar-refractivity contribution in [1.29, 1.82) is 0 Å². The summed E-state index contributed by atoms with van der Waals surface area (Å²) in [6, 6.07) is 22.1. The smallest absolute Gasteiger partial charge is 0.392 e. The van der Waals surface area contributed by atoms with E-state index in [1.807, 2.05) is 72.8 Å². The second kappa shape index (κ2) is 15.2. The van der Waals surface area contributed by atoms with E-state index in [9.17, 15) is 27.9 Å². The van der Waals surface area contributed by atoms with Crippen LogP contribution in [0.25, 0.3) is 11.1 Å². The van der Waals surface area contributed by atoms with Crippen LogP contribution in [-0.4, -0.2) is 84.4 Å². The molecule has 0 unspecified atom stereocenters. The van der Waals surface area contributed by atoms with Crippen molar-refractivity contribution in [3.05, 3.63) is 95.1 Å². The van der Waals surface area contributed by atoms with Gasteiger partial charge in [0.05, 0.1) is 32.0 Å². The van der Waals surface area contributed by atoms with E-state index in [0.717, 1.165) is 53.0 Å². The lowest BCUT2D eigenvalue weighted by atomic mass is 9.98. The number of morpholine rings is 1. The molecule has 3 fully saturated rings. The number of nitrogens with zero attached hydrogens (tertiary/aromatic N) is 2. The Bertz CT molecular complexity index is 1560. The first-order chi connectivity index (χ1) is 23.2. The maximum Gasteiger partial charge on any atom is 0.471 e. The first-order valence-corrected chi connectivity index (χ1v) is 16.3. The van der Waals surface area contributed by atoms with Crippen molar-refractivity contribution in [2.75, 3.05) is 39.4 Å². The van der Waals surface area contributed by atoms with Gasteiger partial charge in [-0.15, -0.1) is 0 Å². The van der Waals surface area contributed by atoms with Gasteiger partial charge in [-0.25, -0.2) is 0 Å². The molecule has 0 radical (unpaired) electrons. The molecule has 3 heterocycles. The van der Waals surface area contributed by atoms with Crippen molar-refractivity contribution >= 4 is 11.8 Å². The van der Waals surface area contributed by atoms with E-state index in [-0.39, 0.29) is 38.3 Å². The van der Waals surface area contributed by atoms with E-state index in [1.165, 1.54) is 0 Å². The van der Waals surface area contributed by atoms with Gasteiger partial charge in [0.1, 0.15) is 6.04 Å². The molecule has 2 N–H and O–H groups in total. The number of carbonyl (C=O) groups is 2. The van der Waals surface area contributed by atoms with Crippen LogP contribution in [0.1, 0.15) is 53.9 Å². The maximum absolute atomic E-state index is 13.0. The fourth-order valence-electron chi connectivity index (χ4n) is 6.58. The summed E-state index contributed by atoms with van der Waals surface area (Å²) < 4.78 is 57.7. The van der Waals surface area contributed by atoms with Gasteiger partial charge in [0.25, 0.3) is 0 Å². The lowest BCUT2D eigenvalue weighted by Crippen LogP contribution is -2.50. The van der Waals surface area contributed by atoms with Crippen molar-refractivity contribution in [2.24, 2.45) is 0 Å². The normalized spacial score (nSPS) is 23.6. The molecule has 4 atom stereocenters. The number of aliphatic hydroxyl groups excluding tert-OH is 1. The molecule has 0 bridgehead atoms. The number of hydrogen-bond donors (Lipinski definition) is 2. The first kappa shape index (κ1) is 34.1. The third kappa shape index (κ3) is 8.24. The largest absolute Gasteiger partial charge is 0.471 e. The molecule has 0 aliphatic carbocycles. The second-order valence-electron chi connectivity index (χ2n) is 12.5. The van der Waals surface area contributed by atoms with E-state index in [0.29, 0.717) is 31.0 Å². The minimum Gasteiger partial charge on any atom is -0.392 e. The third-order valence-corrected chi connectivity index (χ3v) is 9.13. The summed E-state index contributed by atoms with van der Waals surface area (Å²) in [7, 11) is 0. The number of alkyl halides is 3. The molecule has 48 heavy (non-hydrogen) atoms. The van der Waals surface area contributed by atoms with Gasteiger partial charge in [-0.2, -0.15) is 13.2 Å². The molecule has 3 aromatic carbocycles. The summed E-state index contributed by atoms with van der Waals surface area (Å²) >= 11 is 0. The van der Waals surface area contributed by atoms with Crippen LogP contribution in [-0.2, 0) is 37.0 Å². The number of carbonyl (C=O) groups excluding carboxylic acids is 2. The third-order valence-electron chi connectivity index (χ3n) is 9.13. The fraction of sp³-hybridized carbons (Fsp3) is 0.444. The Kier molecular flexibility index (Phi) is 10.8. The highest BCUT2D eigenvalue weighted by atomic mass is 19.4. The Labute approximate surface area is 277 Å². The van der Waals surface area contributed by atoms with Crippen LogP contribution in [0.15, 0.2) is 72.8 Å².